The predicted octanol–water partition coefficient (Wildman–Crippen LogP) is 5.78. The summed E-state index contributed by atoms with van der Waals surface area (Å²) in [5.74, 6) is 6.02. The van der Waals surface area contributed by atoms with Gasteiger partial charge in [0.25, 0.3) is 0 Å². The molecule has 1 aromatic heterocycles. The first-order valence-corrected chi connectivity index (χ1v) is 12.0. The van der Waals surface area contributed by atoms with Crippen LogP contribution in [0.4, 0.5) is 14.5 Å². The molecule has 180 valence electrons. The van der Waals surface area contributed by atoms with Crippen LogP contribution in [-0.4, -0.2) is 23.0 Å². The summed E-state index contributed by atoms with van der Waals surface area (Å²) in [6.45, 7) is 4.81. The molecular formula is C29H30F2N4. The molecule has 4 nitrogen and oxygen atoms in total. The second kappa shape index (κ2) is 9.72. The molecule has 2 aromatic carbocycles. The van der Waals surface area contributed by atoms with Crippen molar-refractivity contribution >= 4 is 5.69 Å². The molecule has 3 aromatic rings. The number of hydrogen-bond donors (Lipinski definition) is 1. The monoisotopic (exact) mass is 472 g/mol. The van der Waals surface area contributed by atoms with Gasteiger partial charge in [0.1, 0.15) is 11.6 Å². The van der Waals surface area contributed by atoms with Crippen LogP contribution >= 0.6 is 0 Å². The minimum Gasteiger partial charge on any atom is -0.298 e. The number of nitrogens with zero attached hydrogens (tertiary/aromatic N) is 3. The molecular weight excluding hydrogens is 442 g/mol. The van der Waals surface area contributed by atoms with Gasteiger partial charge in [0.05, 0.1) is 11.4 Å². The highest BCUT2D eigenvalue weighted by atomic mass is 19.1. The van der Waals surface area contributed by atoms with Gasteiger partial charge in [-0.05, 0) is 91.4 Å². The number of piperidine rings is 1. The number of pyridine rings is 1. The molecule has 1 unspecified atom stereocenters. The molecule has 1 aliphatic heterocycles. The van der Waals surface area contributed by atoms with Gasteiger partial charge in [-0.3, -0.25) is 14.9 Å². The van der Waals surface area contributed by atoms with E-state index in [4.69, 9.17) is 5.84 Å². The Bertz CT molecular complexity index is 1240. The van der Waals surface area contributed by atoms with Crippen molar-refractivity contribution in [2.75, 3.05) is 18.1 Å². The second-order valence-corrected chi connectivity index (χ2v) is 9.76. The van der Waals surface area contributed by atoms with E-state index in [9.17, 15) is 8.78 Å². The molecule has 2 N–H and O–H groups in total. The summed E-state index contributed by atoms with van der Waals surface area (Å²) in [5.41, 5.74) is 6.48. The molecule has 0 amide bonds. The van der Waals surface area contributed by atoms with Crippen LogP contribution in [-0.2, 0) is 13.0 Å². The van der Waals surface area contributed by atoms with Crippen molar-refractivity contribution in [2.45, 2.75) is 32.7 Å². The molecule has 0 radical (unpaired) electrons. The number of benzene rings is 2. The number of hydrogen-bond acceptors (Lipinski definition) is 4. The van der Waals surface area contributed by atoms with Crippen molar-refractivity contribution in [3.05, 3.63) is 119 Å². The lowest BCUT2D eigenvalue weighted by molar-refractivity contribution is 0.129. The highest BCUT2D eigenvalue weighted by Gasteiger charge is 2.42. The molecule has 1 saturated heterocycles. The zero-order chi connectivity index (χ0) is 24.4. The van der Waals surface area contributed by atoms with Crippen molar-refractivity contribution in [3.8, 4) is 0 Å². The average Bonchev–Trinajstić information content (AvgIpc) is 2.85. The molecule has 6 heteroatoms. The van der Waals surface area contributed by atoms with E-state index in [-0.39, 0.29) is 17.0 Å². The van der Waals surface area contributed by atoms with Gasteiger partial charge < -0.3 is 0 Å². The first kappa shape index (κ1) is 23.4. The standard InChI is InChI=1S/C29H30F2N4/c1-21-16-29(17-22-4-6-25(30)7-5-22)20-34(19-23-3-2-13-33-18-23)14-12-24(29)15-28(21)35(32)27-10-8-26(31)9-11-27/h2-11,13,15,18H,12,14,16-17,19-20,32H2,1H3. The summed E-state index contributed by atoms with van der Waals surface area (Å²) in [7, 11) is 0. The number of fused-ring (bicyclic) bond motifs is 1. The molecule has 5 rings (SSSR count). The zero-order valence-electron chi connectivity index (χ0n) is 19.9. The smallest absolute Gasteiger partial charge is 0.123 e. The SMILES string of the molecule is CC1=C(N(N)c2ccc(F)cc2)C=C2CCN(Cc3cccnc3)CC2(Cc2ccc(F)cc2)C1. The van der Waals surface area contributed by atoms with Crippen LogP contribution < -0.4 is 10.9 Å². The number of aromatic nitrogens is 1. The fourth-order valence-corrected chi connectivity index (χ4v) is 5.56. The molecule has 1 fully saturated rings. The number of nitrogens with two attached hydrogens (primary N) is 1. The van der Waals surface area contributed by atoms with Gasteiger partial charge in [-0.2, -0.15) is 0 Å². The van der Waals surface area contributed by atoms with Gasteiger partial charge in [0, 0.05) is 37.4 Å². The normalized spacial score (nSPS) is 20.4. The van der Waals surface area contributed by atoms with Crippen LogP contribution in [0.1, 0.15) is 30.9 Å². The molecule has 35 heavy (non-hydrogen) atoms. The van der Waals surface area contributed by atoms with E-state index < -0.39 is 0 Å². The van der Waals surface area contributed by atoms with Gasteiger partial charge in [-0.1, -0.05) is 23.8 Å². The Morgan fingerprint density at radius 1 is 1.00 bits per heavy atom. The van der Waals surface area contributed by atoms with E-state index in [1.54, 1.807) is 35.5 Å². The van der Waals surface area contributed by atoms with Crippen molar-refractivity contribution in [3.63, 3.8) is 0 Å². The minimum absolute atomic E-state index is 0.102. The molecule has 0 bridgehead atoms. The van der Waals surface area contributed by atoms with Crippen LogP contribution in [0.5, 0.6) is 0 Å². The molecule has 2 heterocycles. The third-order valence-corrected chi connectivity index (χ3v) is 7.21. The summed E-state index contributed by atoms with van der Waals surface area (Å²) in [6.07, 6.45) is 8.56. The van der Waals surface area contributed by atoms with Crippen LogP contribution in [0.25, 0.3) is 0 Å². The molecule has 1 aliphatic carbocycles. The molecule has 1 atom stereocenters. The lowest BCUT2D eigenvalue weighted by atomic mass is 9.65. The average molecular weight is 473 g/mol. The Hall–Kier alpha value is -3.35. The second-order valence-electron chi connectivity index (χ2n) is 9.76. The molecule has 0 saturated carbocycles. The highest BCUT2D eigenvalue weighted by molar-refractivity contribution is 5.56. The summed E-state index contributed by atoms with van der Waals surface area (Å²) in [4.78, 5) is 6.77. The maximum absolute atomic E-state index is 13.6. The number of halogens is 2. The number of likely N-dealkylation sites (tertiary alicyclic amines) is 1. The lowest BCUT2D eigenvalue weighted by Crippen LogP contribution is -2.48. The van der Waals surface area contributed by atoms with Crippen molar-refractivity contribution < 1.29 is 8.78 Å². The van der Waals surface area contributed by atoms with Crippen LogP contribution in [0, 0.1) is 17.0 Å². The molecule has 0 spiro atoms. The summed E-state index contributed by atoms with van der Waals surface area (Å²) >= 11 is 0. The van der Waals surface area contributed by atoms with E-state index >= 15 is 0 Å². The Labute approximate surface area is 205 Å². The number of allylic oxidation sites excluding steroid dienone is 2. The Morgan fingerprint density at radius 2 is 1.71 bits per heavy atom. The predicted molar refractivity (Wildman–Crippen MR) is 135 cm³/mol. The number of hydrazine groups is 1. The number of anilines is 1. The van der Waals surface area contributed by atoms with Gasteiger partial charge in [0.2, 0.25) is 0 Å². The third kappa shape index (κ3) is 5.04. The summed E-state index contributed by atoms with van der Waals surface area (Å²) < 4.78 is 27.1. The molecule has 2 aliphatic rings. The summed E-state index contributed by atoms with van der Waals surface area (Å²) in [5, 5.41) is 1.66. The van der Waals surface area contributed by atoms with Crippen LogP contribution in [0.2, 0.25) is 0 Å². The van der Waals surface area contributed by atoms with E-state index in [0.717, 1.165) is 55.8 Å². The van der Waals surface area contributed by atoms with Crippen LogP contribution in [0.15, 0.2) is 96.0 Å². The third-order valence-electron chi connectivity index (χ3n) is 7.21. The minimum atomic E-state index is -0.283. The lowest BCUT2D eigenvalue weighted by Gasteiger charge is -2.48. The zero-order valence-corrected chi connectivity index (χ0v) is 19.9. The van der Waals surface area contributed by atoms with Crippen LogP contribution in [0.3, 0.4) is 0 Å². The van der Waals surface area contributed by atoms with Gasteiger partial charge in [-0.15, -0.1) is 0 Å². The Balaban J connectivity index is 1.46. The van der Waals surface area contributed by atoms with Crippen molar-refractivity contribution in [1.82, 2.24) is 9.88 Å². The summed E-state index contributed by atoms with van der Waals surface area (Å²) in [6, 6.07) is 17.2. The van der Waals surface area contributed by atoms with Gasteiger partial charge >= 0.3 is 0 Å². The fraction of sp³-hybridized carbons (Fsp3) is 0.276. The van der Waals surface area contributed by atoms with Gasteiger partial charge in [0.15, 0.2) is 0 Å². The van der Waals surface area contributed by atoms with Gasteiger partial charge in [-0.25, -0.2) is 14.6 Å². The van der Waals surface area contributed by atoms with E-state index in [0.29, 0.717) is 0 Å². The van der Waals surface area contributed by atoms with Crippen molar-refractivity contribution in [1.29, 1.82) is 0 Å². The quantitative estimate of drug-likeness (QED) is 0.365. The Kier molecular flexibility index (Phi) is 6.50. The van der Waals surface area contributed by atoms with E-state index in [1.165, 1.54) is 28.8 Å². The van der Waals surface area contributed by atoms with E-state index in [1.807, 2.05) is 24.4 Å². The Morgan fingerprint density at radius 3 is 2.40 bits per heavy atom. The fourth-order valence-electron chi connectivity index (χ4n) is 5.56. The largest absolute Gasteiger partial charge is 0.298 e. The first-order valence-electron chi connectivity index (χ1n) is 12.0. The maximum Gasteiger partial charge on any atom is 0.123 e. The maximum atomic E-state index is 13.6. The first-order chi connectivity index (χ1) is 16.9. The van der Waals surface area contributed by atoms with Crippen molar-refractivity contribution in [2.24, 2.45) is 11.3 Å². The van der Waals surface area contributed by atoms with E-state index in [2.05, 4.69) is 29.0 Å². The topological polar surface area (TPSA) is 45.4 Å². The number of rotatable bonds is 6. The highest BCUT2D eigenvalue weighted by Crippen LogP contribution is 2.48.